The van der Waals surface area contributed by atoms with Crippen molar-refractivity contribution in [2.24, 2.45) is 0 Å². The summed E-state index contributed by atoms with van der Waals surface area (Å²) >= 11 is 0. The summed E-state index contributed by atoms with van der Waals surface area (Å²) < 4.78 is 5.46. The first-order valence-corrected chi connectivity index (χ1v) is 5.42. The zero-order valence-corrected chi connectivity index (χ0v) is 9.22. The molecular formula is C12H15NO3. The fourth-order valence-electron chi connectivity index (χ4n) is 1.88. The number of ether oxygens (including phenoxy) is 1. The Kier molecular flexibility index (Phi) is 3.10. The van der Waals surface area contributed by atoms with E-state index in [2.05, 4.69) is 0 Å². The summed E-state index contributed by atoms with van der Waals surface area (Å²) in [6.07, 6.45) is -0.373. The second-order valence-electron chi connectivity index (χ2n) is 3.76. The molecule has 0 aliphatic carbocycles. The number of nitrogens with zero attached hydrogens (tertiary/aromatic N) is 1. The lowest BCUT2D eigenvalue weighted by Crippen LogP contribution is -2.25. The van der Waals surface area contributed by atoms with Gasteiger partial charge in [-0.1, -0.05) is 12.1 Å². The van der Waals surface area contributed by atoms with E-state index < -0.39 is 6.10 Å². The molecule has 1 aliphatic heterocycles. The van der Waals surface area contributed by atoms with E-state index in [1.165, 1.54) is 0 Å². The molecule has 1 aromatic rings. The fraction of sp³-hybridized carbons (Fsp3) is 0.417. The van der Waals surface area contributed by atoms with Gasteiger partial charge in [0.2, 0.25) is 5.91 Å². The van der Waals surface area contributed by atoms with Crippen LogP contribution in [0.3, 0.4) is 0 Å². The molecular weight excluding hydrogens is 206 g/mol. The first kappa shape index (κ1) is 11.0. The molecule has 0 saturated carbocycles. The number of rotatable bonds is 3. The van der Waals surface area contributed by atoms with Gasteiger partial charge < -0.3 is 14.7 Å². The quantitative estimate of drug-likeness (QED) is 0.834. The molecule has 0 spiro atoms. The maximum atomic E-state index is 11.7. The zero-order chi connectivity index (χ0) is 11.5. The van der Waals surface area contributed by atoms with E-state index in [-0.39, 0.29) is 12.3 Å². The van der Waals surface area contributed by atoms with Crippen molar-refractivity contribution in [1.29, 1.82) is 0 Å². The molecule has 0 radical (unpaired) electrons. The Morgan fingerprint density at radius 2 is 2.25 bits per heavy atom. The Morgan fingerprint density at radius 3 is 2.88 bits per heavy atom. The fourth-order valence-corrected chi connectivity index (χ4v) is 1.88. The van der Waals surface area contributed by atoms with Crippen molar-refractivity contribution in [3.05, 3.63) is 24.3 Å². The highest BCUT2D eigenvalue weighted by Gasteiger charge is 2.30. The number of carbonyl (C=O) groups is 1. The van der Waals surface area contributed by atoms with Crippen LogP contribution in [0.25, 0.3) is 0 Å². The minimum Gasteiger partial charge on any atom is -0.492 e. The summed E-state index contributed by atoms with van der Waals surface area (Å²) in [7, 11) is 0. The van der Waals surface area contributed by atoms with Crippen LogP contribution in [0.15, 0.2) is 24.3 Å². The van der Waals surface area contributed by atoms with Crippen LogP contribution in [0.2, 0.25) is 0 Å². The second kappa shape index (κ2) is 4.53. The van der Waals surface area contributed by atoms with Gasteiger partial charge in [0, 0.05) is 0 Å². The summed E-state index contributed by atoms with van der Waals surface area (Å²) in [6, 6.07) is 7.39. The first-order valence-electron chi connectivity index (χ1n) is 5.42. The van der Waals surface area contributed by atoms with Crippen molar-refractivity contribution < 1.29 is 14.6 Å². The molecule has 1 heterocycles. The Bertz CT molecular complexity index is 392. The average Bonchev–Trinajstić information content (AvgIpc) is 2.59. The number of hydrogen-bond donors (Lipinski definition) is 1. The normalized spacial score (nSPS) is 20.2. The molecule has 1 N–H and O–H groups in total. The van der Waals surface area contributed by atoms with Gasteiger partial charge >= 0.3 is 0 Å². The third-order valence-electron chi connectivity index (χ3n) is 2.56. The largest absolute Gasteiger partial charge is 0.492 e. The van der Waals surface area contributed by atoms with Gasteiger partial charge in [-0.2, -0.15) is 0 Å². The molecule has 1 aliphatic rings. The molecule has 2 rings (SSSR count). The highest BCUT2D eigenvalue weighted by Crippen LogP contribution is 2.31. The molecule has 4 heteroatoms. The van der Waals surface area contributed by atoms with E-state index in [4.69, 9.17) is 4.74 Å². The Hall–Kier alpha value is -1.55. The molecule has 16 heavy (non-hydrogen) atoms. The lowest BCUT2D eigenvalue weighted by molar-refractivity contribution is -0.117. The van der Waals surface area contributed by atoms with Crippen molar-refractivity contribution in [2.75, 3.05) is 18.1 Å². The third-order valence-corrected chi connectivity index (χ3v) is 2.56. The van der Waals surface area contributed by atoms with Crippen LogP contribution in [0.5, 0.6) is 5.75 Å². The van der Waals surface area contributed by atoms with Crippen molar-refractivity contribution in [3.8, 4) is 5.75 Å². The van der Waals surface area contributed by atoms with Gasteiger partial charge in [0.15, 0.2) is 0 Å². The summed E-state index contributed by atoms with van der Waals surface area (Å²) in [5, 5.41) is 9.45. The van der Waals surface area contributed by atoms with E-state index in [9.17, 15) is 9.90 Å². The highest BCUT2D eigenvalue weighted by atomic mass is 16.5. The Labute approximate surface area is 94.4 Å². The Balaban J connectivity index is 2.29. The minimum absolute atomic E-state index is 0.0559. The topological polar surface area (TPSA) is 49.8 Å². The van der Waals surface area contributed by atoms with Crippen molar-refractivity contribution in [3.63, 3.8) is 0 Å². The third kappa shape index (κ3) is 2.02. The number of amides is 1. The average molecular weight is 221 g/mol. The van der Waals surface area contributed by atoms with Gasteiger partial charge in [-0.15, -0.1) is 0 Å². The number of aliphatic hydroxyl groups excluding tert-OH is 1. The van der Waals surface area contributed by atoms with Crippen LogP contribution in [0, 0.1) is 0 Å². The van der Waals surface area contributed by atoms with Crippen LogP contribution in [-0.4, -0.2) is 30.3 Å². The first-order chi connectivity index (χ1) is 7.72. The lowest BCUT2D eigenvalue weighted by Gasteiger charge is -2.19. The molecule has 0 aromatic heterocycles. The summed E-state index contributed by atoms with van der Waals surface area (Å²) in [6.45, 7) is 2.81. The van der Waals surface area contributed by atoms with Crippen LogP contribution < -0.4 is 9.64 Å². The molecule has 4 nitrogen and oxygen atoms in total. The molecule has 1 amide bonds. The maximum absolute atomic E-state index is 11.7. The van der Waals surface area contributed by atoms with Gasteiger partial charge in [-0.05, 0) is 19.1 Å². The second-order valence-corrected chi connectivity index (χ2v) is 3.76. The number of benzene rings is 1. The van der Waals surface area contributed by atoms with Crippen molar-refractivity contribution in [2.45, 2.75) is 19.4 Å². The molecule has 1 saturated heterocycles. The van der Waals surface area contributed by atoms with Gasteiger partial charge in [-0.3, -0.25) is 4.79 Å². The molecule has 1 fully saturated rings. The van der Waals surface area contributed by atoms with Crippen molar-refractivity contribution >= 4 is 11.6 Å². The minimum atomic E-state index is -0.567. The summed E-state index contributed by atoms with van der Waals surface area (Å²) in [5.41, 5.74) is 0.742. The number of hydrogen-bond acceptors (Lipinski definition) is 3. The number of anilines is 1. The molecule has 1 aromatic carbocycles. The van der Waals surface area contributed by atoms with Crippen molar-refractivity contribution in [1.82, 2.24) is 0 Å². The van der Waals surface area contributed by atoms with Gasteiger partial charge in [0.05, 0.1) is 31.4 Å². The van der Waals surface area contributed by atoms with Crippen LogP contribution in [-0.2, 0) is 4.79 Å². The van der Waals surface area contributed by atoms with E-state index in [0.29, 0.717) is 18.9 Å². The zero-order valence-electron chi connectivity index (χ0n) is 9.22. The smallest absolute Gasteiger partial charge is 0.229 e. The molecule has 1 unspecified atom stereocenters. The SMILES string of the molecule is CCOc1ccccc1N1CC(O)CC1=O. The van der Waals surface area contributed by atoms with Crippen LogP contribution >= 0.6 is 0 Å². The van der Waals surface area contributed by atoms with Gasteiger partial charge in [0.25, 0.3) is 0 Å². The standard InChI is InChI=1S/C12H15NO3/c1-2-16-11-6-4-3-5-10(11)13-8-9(14)7-12(13)15/h3-6,9,14H,2,7-8H2,1H3. The van der Waals surface area contributed by atoms with Gasteiger partial charge in [0.1, 0.15) is 5.75 Å². The predicted octanol–water partition coefficient (Wildman–Crippen LogP) is 1.18. The number of aliphatic hydroxyl groups is 1. The molecule has 1 atom stereocenters. The Morgan fingerprint density at radius 1 is 1.50 bits per heavy atom. The summed E-state index contributed by atoms with van der Waals surface area (Å²) in [5.74, 6) is 0.632. The molecule has 86 valence electrons. The summed E-state index contributed by atoms with van der Waals surface area (Å²) in [4.78, 5) is 13.2. The molecule has 0 bridgehead atoms. The van der Waals surface area contributed by atoms with Gasteiger partial charge in [-0.25, -0.2) is 0 Å². The predicted molar refractivity (Wildman–Crippen MR) is 60.6 cm³/mol. The number of β-amino-alcohol motifs (C(OH)–C–C–N with tert-alkyl or cyclic N) is 1. The van der Waals surface area contributed by atoms with Crippen LogP contribution in [0.1, 0.15) is 13.3 Å². The van der Waals surface area contributed by atoms with E-state index in [1.807, 2.05) is 31.2 Å². The number of carbonyl (C=O) groups excluding carboxylic acids is 1. The number of para-hydroxylation sites is 2. The highest BCUT2D eigenvalue weighted by molar-refractivity contribution is 5.97. The monoisotopic (exact) mass is 221 g/mol. The van der Waals surface area contributed by atoms with E-state index in [0.717, 1.165) is 5.69 Å². The lowest BCUT2D eigenvalue weighted by atomic mass is 10.2. The van der Waals surface area contributed by atoms with Crippen LogP contribution in [0.4, 0.5) is 5.69 Å². The van der Waals surface area contributed by atoms with E-state index in [1.54, 1.807) is 4.90 Å². The van der Waals surface area contributed by atoms with E-state index >= 15 is 0 Å². The maximum Gasteiger partial charge on any atom is 0.229 e.